The molecule has 0 radical (unpaired) electrons. The molecule has 2 rings (SSSR count). The lowest BCUT2D eigenvalue weighted by atomic mass is 9.81. The van der Waals surface area contributed by atoms with Crippen molar-refractivity contribution in [2.24, 2.45) is 11.8 Å². The highest BCUT2D eigenvalue weighted by molar-refractivity contribution is 5.27. The zero-order valence-electron chi connectivity index (χ0n) is 11.4. The van der Waals surface area contributed by atoms with Crippen LogP contribution in [0.25, 0.3) is 0 Å². The molecule has 0 aliphatic heterocycles. The van der Waals surface area contributed by atoms with Crippen LogP contribution in [0.1, 0.15) is 39.0 Å². The van der Waals surface area contributed by atoms with Crippen LogP contribution in [0.4, 0.5) is 5.95 Å². The lowest BCUT2D eigenvalue weighted by Crippen LogP contribution is -2.16. The van der Waals surface area contributed by atoms with Crippen LogP contribution in [0.2, 0.25) is 0 Å². The summed E-state index contributed by atoms with van der Waals surface area (Å²) in [7, 11) is 1.62. The van der Waals surface area contributed by atoms with E-state index in [0.29, 0.717) is 11.8 Å². The normalized spacial score (nSPS) is 23.7. The molecular formula is C14H23N3O. The molecule has 1 N–H and O–H groups in total. The van der Waals surface area contributed by atoms with E-state index >= 15 is 0 Å². The van der Waals surface area contributed by atoms with Gasteiger partial charge in [-0.05, 0) is 18.3 Å². The summed E-state index contributed by atoms with van der Waals surface area (Å²) in [5.74, 6) is 3.08. The number of methoxy groups -OCH3 is 1. The van der Waals surface area contributed by atoms with Gasteiger partial charge in [0.2, 0.25) is 11.8 Å². The summed E-state index contributed by atoms with van der Waals surface area (Å²) < 4.78 is 5.07. The van der Waals surface area contributed by atoms with Crippen LogP contribution in [-0.4, -0.2) is 23.6 Å². The number of anilines is 1. The molecule has 1 aromatic rings. The summed E-state index contributed by atoms with van der Waals surface area (Å²) in [6.07, 6.45) is 8.47. The molecule has 0 bridgehead atoms. The van der Waals surface area contributed by atoms with Crippen LogP contribution in [-0.2, 0) is 0 Å². The fraction of sp³-hybridized carbons (Fsp3) is 0.714. The molecule has 1 saturated carbocycles. The Balaban J connectivity index is 1.71. The van der Waals surface area contributed by atoms with Crippen molar-refractivity contribution in [1.82, 2.24) is 9.97 Å². The van der Waals surface area contributed by atoms with E-state index in [-0.39, 0.29) is 0 Å². The van der Waals surface area contributed by atoms with Crippen LogP contribution in [0.3, 0.4) is 0 Å². The van der Waals surface area contributed by atoms with Crippen LogP contribution < -0.4 is 10.1 Å². The molecule has 1 aromatic heterocycles. The first-order chi connectivity index (χ1) is 8.78. The largest absolute Gasteiger partial charge is 0.481 e. The SMILES string of the molecule is COc1ccnc(NCCC2CCC(C)CC2)n1. The van der Waals surface area contributed by atoms with Crippen LogP contribution in [0.5, 0.6) is 5.88 Å². The van der Waals surface area contributed by atoms with Crippen molar-refractivity contribution < 1.29 is 4.74 Å². The summed E-state index contributed by atoms with van der Waals surface area (Å²) in [6.45, 7) is 3.31. The van der Waals surface area contributed by atoms with E-state index in [1.807, 2.05) is 0 Å². The second kappa shape index (κ2) is 6.57. The number of nitrogens with one attached hydrogen (secondary N) is 1. The highest BCUT2D eigenvalue weighted by atomic mass is 16.5. The summed E-state index contributed by atoms with van der Waals surface area (Å²) in [6, 6.07) is 1.76. The Morgan fingerprint density at radius 3 is 2.83 bits per heavy atom. The number of aromatic nitrogens is 2. The van der Waals surface area contributed by atoms with Gasteiger partial charge in [0.1, 0.15) is 0 Å². The van der Waals surface area contributed by atoms with Crippen LogP contribution >= 0.6 is 0 Å². The maximum absolute atomic E-state index is 5.07. The molecule has 0 aromatic carbocycles. The average molecular weight is 249 g/mol. The van der Waals surface area contributed by atoms with Gasteiger partial charge < -0.3 is 10.1 Å². The minimum absolute atomic E-state index is 0.610. The van der Waals surface area contributed by atoms with Gasteiger partial charge in [-0.1, -0.05) is 32.6 Å². The molecule has 0 spiro atoms. The number of rotatable bonds is 5. The van der Waals surface area contributed by atoms with Gasteiger partial charge in [0.05, 0.1) is 7.11 Å². The molecule has 1 heterocycles. The first-order valence-electron chi connectivity index (χ1n) is 6.89. The van der Waals surface area contributed by atoms with Crippen molar-refractivity contribution in [3.63, 3.8) is 0 Å². The molecule has 1 aliphatic carbocycles. The Labute approximate surface area is 109 Å². The maximum Gasteiger partial charge on any atom is 0.225 e. The molecule has 100 valence electrons. The zero-order valence-corrected chi connectivity index (χ0v) is 11.4. The van der Waals surface area contributed by atoms with Crippen molar-refractivity contribution in [3.05, 3.63) is 12.3 Å². The van der Waals surface area contributed by atoms with Crippen LogP contribution in [0.15, 0.2) is 12.3 Å². The molecule has 4 nitrogen and oxygen atoms in total. The number of nitrogens with zero attached hydrogens (tertiary/aromatic N) is 2. The monoisotopic (exact) mass is 249 g/mol. The van der Waals surface area contributed by atoms with E-state index < -0.39 is 0 Å². The number of hydrogen-bond acceptors (Lipinski definition) is 4. The van der Waals surface area contributed by atoms with E-state index in [0.717, 1.165) is 18.4 Å². The lowest BCUT2D eigenvalue weighted by molar-refractivity contribution is 0.281. The van der Waals surface area contributed by atoms with E-state index in [1.54, 1.807) is 19.4 Å². The quantitative estimate of drug-likeness (QED) is 0.871. The van der Waals surface area contributed by atoms with Gasteiger partial charge in [-0.3, -0.25) is 0 Å². The van der Waals surface area contributed by atoms with Gasteiger partial charge in [0.25, 0.3) is 0 Å². The third-order valence-corrected chi connectivity index (χ3v) is 3.81. The molecule has 1 aliphatic rings. The Kier molecular flexibility index (Phi) is 4.79. The van der Waals surface area contributed by atoms with Crippen molar-refractivity contribution in [2.45, 2.75) is 39.0 Å². The van der Waals surface area contributed by atoms with E-state index in [9.17, 15) is 0 Å². The van der Waals surface area contributed by atoms with Gasteiger partial charge in [-0.15, -0.1) is 0 Å². The predicted molar refractivity (Wildman–Crippen MR) is 72.8 cm³/mol. The highest BCUT2D eigenvalue weighted by Gasteiger charge is 2.17. The van der Waals surface area contributed by atoms with Crippen molar-refractivity contribution in [3.8, 4) is 5.88 Å². The third kappa shape index (κ3) is 3.86. The Bertz CT molecular complexity index is 362. The lowest BCUT2D eigenvalue weighted by Gasteiger charge is -2.26. The molecule has 0 saturated heterocycles. The molecule has 0 amide bonds. The summed E-state index contributed by atoms with van der Waals surface area (Å²) in [4.78, 5) is 8.42. The van der Waals surface area contributed by atoms with Gasteiger partial charge in [0.15, 0.2) is 0 Å². The van der Waals surface area contributed by atoms with E-state index in [2.05, 4.69) is 22.2 Å². The van der Waals surface area contributed by atoms with Gasteiger partial charge >= 0.3 is 0 Å². The average Bonchev–Trinajstić information content (AvgIpc) is 2.41. The topological polar surface area (TPSA) is 47.0 Å². The minimum Gasteiger partial charge on any atom is -0.481 e. The van der Waals surface area contributed by atoms with Gasteiger partial charge in [0, 0.05) is 18.8 Å². The van der Waals surface area contributed by atoms with Gasteiger partial charge in [-0.2, -0.15) is 4.98 Å². The van der Waals surface area contributed by atoms with Crippen molar-refractivity contribution >= 4 is 5.95 Å². The van der Waals surface area contributed by atoms with E-state index in [1.165, 1.54) is 32.1 Å². The molecule has 0 unspecified atom stereocenters. The summed E-state index contributed by atoms with van der Waals surface area (Å²) in [5, 5.41) is 3.28. The molecule has 18 heavy (non-hydrogen) atoms. The highest BCUT2D eigenvalue weighted by Crippen LogP contribution is 2.30. The second-order valence-electron chi connectivity index (χ2n) is 5.26. The fourth-order valence-corrected chi connectivity index (χ4v) is 2.55. The van der Waals surface area contributed by atoms with Crippen molar-refractivity contribution in [2.75, 3.05) is 19.0 Å². The third-order valence-electron chi connectivity index (χ3n) is 3.81. The molecular weight excluding hydrogens is 226 g/mol. The standard InChI is InChI=1S/C14H23N3O/c1-11-3-5-12(6-4-11)7-9-15-14-16-10-8-13(17-14)18-2/h8,10-12H,3-7,9H2,1-2H3,(H,15,16,17). The summed E-state index contributed by atoms with van der Waals surface area (Å²) >= 11 is 0. The van der Waals surface area contributed by atoms with Crippen molar-refractivity contribution in [1.29, 1.82) is 0 Å². The molecule has 0 atom stereocenters. The Hall–Kier alpha value is -1.32. The zero-order chi connectivity index (χ0) is 12.8. The fourth-order valence-electron chi connectivity index (χ4n) is 2.55. The van der Waals surface area contributed by atoms with Crippen LogP contribution in [0, 0.1) is 11.8 Å². The second-order valence-corrected chi connectivity index (χ2v) is 5.26. The Morgan fingerprint density at radius 2 is 2.11 bits per heavy atom. The summed E-state index contributed by atoms with van der Waals surface area (Å²) in [5.41, 5.74) is 0. The van der Waals surface area contributed by atoms with Gasteiger partial charge in [-0.25, -0.2) is 4.98 Å². The van der Waals surface area contributed by atoms with E-state index in [4.69, 9.17) is 4.74 Å². The number of hydrogen-bond donors (Lipinski definition) is 1. The first kappa shape index (κ1) is 13.1. The predicted octanol–water partition coefficient (Wildman–Crippen LogP) is 3.11. The maximum atomic E-state index is 5.07. The minimum atomic E-state index is 0.610. The number of ether oxygens (including phenoxy) is 1. The first-order valence-corrected chi connectivity index (χ1v) is 6.89. The Morgan fingerprint density at radius 1 is 1.33 bits per heavy atom. The molecule has 4 heteroatoms. The molecule has 1 fully saturated rings. The smallest absolute Gasteiger partial charge is 0.225 e.